The van der Waals surface area contributed by atoms with Crippen LogP contribution in [0.15, 0.2) is 35.3 Å². The molecule has 2 N–H and O–H groups in total. The first-order chi connectivity index (χ1) is 16.9. The summed E-state index contributed by atoms with van der Waals surface area (Å²) in [7, 11) is 1.76. The van der Waals surface area contributed by atoms with Crippen LogP contribution in [-0.4, -0.2) is 57.6 Å². The molecule has 188 valence electrons. The van der Waals surface area contributed by atoms with Gasteiger partial charge < -0.3 is 29.0 Å². The van der Waals surface area contributed by atoms with Gasteiger partial charge in [0, 0.05) is 56.7 Å². The number of carboxylic acids is 1. The second-order valence-electron chi connectivity index (χ2n) is 9.18. The highest BCUT2D eigenvalue weighted by atomic mass is 16.5. The molecule has 9 heteroatoms. The van der Waals surface area contributed by atoms with Gasteiger partial charge in [0.15, 0.2) is 0 Å². The normalized spacial score (nSPS) is 15.4. The Morgan fingerprint density at radius 2 is 2.09 bits per heavy atom. The van der Waals surface area contributed by atoms with E-state index in [0.29, 0.717) is 36.8 Å². The average Bonchev–Trinajstić information content (AvgIpc) is 3.20. The van der Waals surface area contributed by atoms with Crippen LogP contribution in [0.25, 0.3) is 22.4 Å². The zero-order valence-corrected chi connectivity index (χ0v) is 20.6. The van der Waals surface area contributed by atoms with Crippen LogP contribution in [0.4, 0.5) is 0 Å². The van der Waals surface area contributed by atoms with Crippen LogP contribution in [0.2, 0.25) is 0 Å². The summed E-state index contributed by atoms with van der Waals surface area (Å²) in [5, 5.41) is 12.1. The van der Waals surface area contributed by atoms with Crippen LogP contribution in [-0.2, 0) is 23.1 Å². The van der Waals surface area contributed by atoms with Crippen molar-refractivity contribution in [3.05, 3.63) is 46.4 Å². The second kappa shape index (κ2) is 11.0. The lowest BCUT2D eigenvalue weighted by Crippen LogP contribution is -2.38. The third kappa shape index (κ3) is 5.74. The van der Waals surface area contributed by atoms with Crippen molar-refractivity contribution in [1.82, 2.24) is 19.4 Å². The highest BCUT2D eigenvalue weighted by Crippen LogP contribution is 2.30. The minimum Gasteiger partial charge on any atom is -0.492 e. The van der Waals surface area contributed by atoms with Crippen LogP contribution in [0.1, 0.15) is 31.7 Å². The third-order valence-corrected chi connectivity index (χ3v) is 6.59. The van der Waals surface area contributed by atoms with E-state index < -0.39 is 12.0 Å². The molecule has 2 aromatic heterocycles. The van der Waals surface area contributed by atoms with Crippen LogP contribution >= 0.6 is 0 Å². The number of benzene rings is 1. The first-order valence-electron chi connectivity index (χ1n) is 12.2. The molecule has 0 radical (unpaired) electrons. The summed E-state index contributed by atoms with van der Waals surface area (Å²) < 4.78 is 15.3. The molecule has 4 rings (SSSR count). The van der Waals surface area contributed by atoms with Crippen molar-refractivity contribution in [2.75, 3.05) is 26.4 Å². The Morgan fingerprint density at radius 3 is 2.77 bits per heavy atom. The summed E-state index contributed by atoms with van der Waals surface area (Å²) in [6, 6.07) is 7.20. The Kier molecular flexibility index (Phi) is 7.87. The third-order valence-electron chi connectivity index (χ3n) is 6.59. The lowest BCUT2D eigenvalue weighted by molar-refractivity contribution is -0.139. The van der Waals surface area contributed by atoms with E-state index in [4.69, 9.17) is 19.6 Å². The predicted octanol–water partition coefficient (Wildman–Crippen LogP) is 2.97. The number of hydrogen-bond donors (Lipinski definition) is 2. The molecule has 1 aliphatic rings. The van der Waals surface area contributed by atoms with E-state index in [1.807, 2.05) is 44.3 Å². The molecule has 1 unspecified atom stereocenters. The monoisotopic (exact) mass is 482 g/mol. The van der Waals surface area contributed by atoms with Crippen molar-refractivity contribution in [3.63, 3.8) is 0 Å². The molecule has 0 saturated carbocycles. The predicted molar refractivity (Wildman–Crippen MR) is 134 cm³/mol. The molecule has 3 aromatic rings. The Bertz CT molecular complexity index is 1220. The maximum Gasteiger partial charge on any atom is 0.320 e. The molecule has 0 amide bonds. The van der Waals surface area contributed by atoms with E-state index in [1.165, 1.54) is 0 Å². The number of aliphatic carboxylic acids is 1. The highest BCUT2D eigenvalue weighted by molar-refractivity contribution is 5.82. The fourth-order valence-corrected chi connectivity index (χ4v) is 4.60. The van der Waals surface area contributed by atoms with Gasteiger partial charge in [0.1, 0.15) is 24.2 Å². The van der Waals surface area contributed by atoms with Crippen molar-refractivity contribution in [3.8, 4) is 17.1 Å². The van der Waals surface area contributed by atoms with Gasteiger partial charge in [-0.1, -0.05) is 6.92 Å². The number of nitrogens with zero attached hydrogens (tertiary/aromatic N) is 3. The van der Waals surface area contributed by atoms with Gasteiger partial charge in [0.05, 0.1) is 11.0 Å². The van der Waals surface area contributed by atoms with Crippen LogP contribution in [0.3, 0.4) is 0 Å². The lowest BCUT2D eigenvalue weighted by atomic mass is 10.00. The topological polar surface area (TPSA) is 108 Å². The molecule has 1 saturated heterocycles. The zero-order chi connectivity index (χ0) is 24.9. The van der Waals surface area contributed by atoms with Gasteiger partial charge in [-0.2, -0.15) is 0 Å². The molecule has 1 atom stereocenters. The number of aromatic nitrogens is 3. The van der Waals surface area contributed by atoms with Crippen molar-refractivity contribution < 1.29 is 19.4 Å². The average molecular weight is 483 g/mol. The number of ether oxygens (including phenoxy) is 2. The van der Waals surface area contributed by atoms with E-state index >= 15 is 0 Å². The number of rotatable bonds is 10. The molecular formula is C26H34N4O5. The van der Waals surface area contributed by atoms with Gasteiger partial charge in [0.2, 0.25) is 0 Å². The SMILES string of the molecule is CCC(NCCOc1ccc2c(c1)nc(-c1cc(C)c(=O)n(C)c1)n2CC1CCOCC1)C(=O)O. The van der Waals surface area contributed by atoms with E-state index in [1.54, 1.807) is 11.6 Å². The molecule has 1 fully saturated rings. The van der Waals surface area contributed by atoms with Gasteiger partial charge in [-0.05, 0) is 50.3 Å². The molecule has 3 heterocycles. The van der Waals surface area contributed by atoms with Gasteiger partial charge in [-0.3, -0.25) is 9.59 Å². The highest BCUT2D eigenvalue weighted by Gasteiger charge is 2.20. The Balaban J connectivity index is 1.61. The van der Waals surface area contributed by atoms with Gasteiger partial charge in [0.25, 0.3) is 5.56 Å². The Hall–Kier alpha value is -3.17. The molecule has 1 aliphatic heterocycles. The van der Waals surface area contributed by atoms with Crippen molar-refractivity contribution >= 4 is 17.0 Å². The van der Waals surface area contributed by atoms with Crippen LogP contribution in [0, 0.1) is 12.8 Å². The number of imidazole rings is 1. The summed E-state index contributed by atoms with van der Waals surface area (Å²) in [6.45, 7) is 6.83. The number of pyridine rings is 1. The zero-order valence-electron chi connectivity index (χ0n) is 20.6. The largest absolute Gasteiger partial charge is 0.492 e. The summed E-state index contributed by atoms with van der Waals surface area (Å²) in [5.74, 6) is 1.15. The minimum atomic E-state index is -0.856. The maximum atomic E-state index is 12.3. The molecule has 9 nitrogen and oxygen atoms in total. The summed E-state index contributed by atoms with van der Waals surface area (Å²) >= 11 is 0. The molecule has 35 heavy (non-hydrogen) atoms. The molecule has 0 bridgehead atoms. The minimum absolute atomic E-state index is 0.0154. The van der Waals surface area contributed by atoms with Crippen LogP contribution < -0.4 is 15.6 Å². The fourth-order valence-electron chi connectivity index (χ4n) is 4.60. The van der Waals surface area contributed by atoms with E-state index in [9.17, 15) is 9.59 Å². The fraction of sp³-hybridized carbons (Fsp3) is 0.500. The Morgan fingerprint density at radius 1 is 1.31 bits per heavy atom. The Labute approximate surface area is 204 Å². The molecule has 0 spiro atoms. The number of carbonyl (C=O) groups is 1. The van der Waals surface area contributed by atoms with E-state index in [2.05, 4.69) is 9.88 Å². The molecule has 1 aromatic carbocycles. The van der Waals surface area contributed by atoms with Gasteiger partial charge >= 0.3 is 5.97 Å². The van der Waals surface area contributed by atoms with Crippen molar-refractivity contribution in [1.29, 1.82) is 0 Å². The van der Waals surface area contributed by atoms with Gasteiger partial charge in [-0.25, -0.2) is 4.98 Å². The summed E-state index contributed by atoms with van der Waals surface area (Å²) in [4.78, 5) is 28.4. The first kappa shape index (κ1) is 24.9. The van der Waals surface area contributed by atoms with Gasteiger partial charge in [-0.15, -0.1) is 0 Å². The first-order valence-corrected chi connectivity index (χ1v) is 12.2. The van der Waals surface area contributed by atoms with Crippen molar-refractivity contribution in [2.24, 2.45) is 13.0 Å². The number of fused-ring (bicyclic) bond motifs is 1. The van der Waals surface area contributed by atoms with E-state index in [-0.39, 0.29) is 5.56 Å². The number of hydrogen-bond acceptors (Lipinski definition) is 6. The molecule has 0 aliphatic carbocycles. The summed E-state index contributed by atoms with van der Waals surface area (Å²) in [5.41, 5.74) is 3.40. The quantitative estimate of drug-likeness (QED) is 0.428. The van der Waals surface area contributed by atoms with E-state index in [0.717, 1.165) is 55.0 Å². The maximum absolute atomic E-state index is 12.3. The van der Waals surface area contributed by atoms with Crippen molar-refractivity contribution in [2.45, 2.75) is 45.7 Å². The standard InChI is InChI=1S/C26H34N4O5/c1-4-21(26(32)33)27-9-12-35-20-5-6-23-22(14-20)28-24(19-13-17(2)25(31)29(3)16-19)30(23)15-18-7-10-34-11-8-18/h5-6,13-14,16,18,21,27H,4,7-12,15H2,1-3H3,(H,32,33). The number of carboxylic acid groups (broad SMARTS) is 1. The number of aryl methyl sites for hydroxylation is 2. The lowest BCUT2D eigenvalue weighted by Gasteiger charge is -2.23. The summed E-state index contributed by atoms with van der Waals surface area (Å²) in [6.07, 6.45) is 4.37. The smallest absolute Gasteiger partial charge is 0.320 e. The molecular weight excluding hydrogens is 448 g/mol. The van der Waals surface area contributed by atoms with Crippen LogP contribution in [0.5, 0.6) is 5.75 Å². The number of nitrogens with one attached hydrogen (secondary N) is 1. The second-order valence-corrected chi connectivity index (χ2v) is 9.18.